The monoisotopic (exact) mass is 215 g/mol. The molecule has 0 heterocycles. The molecule has 1 amide bonds. The zero-order valence-corrected chi connectivity index (χ0v) is 10.6. The fourth-order valence-electron chi connectivity index (χ4n) is 1.81. The molecule has 0 saturated heterocycles. The molecule has 0 aromatic rings. The summed E-state index contributed by atoms with van der Waals surface area (Å²) in [6.07, 6.45) is 1.58. The van der Waals surface area contributed by atoms with E-state index in [9.17, 15) is 4.79 Å². The molecule has 0 aliphatic rings. The highest BCUT2D eigenvalue weighted by molar-refractivity contribution is 5.76. The van der Waals surface area contributed by atoms with Crippen LogP contribution in [0.5, 0.6) is 0 Å². The van der Waals surface area contributed by atoms with Crippen LogP contribution in [0.1, 0.15) is 47.5 Å². The average molecular weight is 215 g/mol. The third-order valence-electron chi connectivity index (χ3n) is 2.18. The van der Waals surface area contributed by atoms with Gasteiger partial charge in [-0.2, -0.15) is 0 Å². The quantitative estimate of drug-likeness (QED) is 0.736. The molecule has 90 valence electrons. The lowest BCUT2D eigenvalue weighted by Gasteiger charge is -2.23. The van der Waals surface area contributed by atoms with Crippen molar-refractivity contribution in [2.45, 2.75) is 53.5 Å². The van der Waals surface area contributed by atoms with Crippen molar-refractivity contribution in [3.8, 4) is 0 Å². The van der Waals surface area contributed by atoms with Crippen molar-refractivity contribution in [3.63, 3.8) is 0 Å². The van der Waals surface area contributed by atoms with E-state index >= 15 is 0 Å². The Morgan fingerprint density at radius 3 is 2.27 bits per heavy atom. The Morgan fingerprint density at radius 2 is 1.87 bits per heavy atom. The maximum absolute atomic E-state index is 11.5. The van der Waals surface area contributed by atoms with Crippen LogP contribution in [0.15, 0.2) is 0 Å². The van der Waals surface area contributed by atoms with Gasteiger partial charge >= 0.3 is 0 Å². The second kappa shape index (κ2) is 6.11. The lowest BCUT2D eigenvalue weighted by atomic mass is 9.84. The summed E-state index contributed by atoms with van der Waals surface area (Å²) in [7, 11) is 0. The number of aliphatic hydroxyl groups excluding tert-OH is 1. The summed E-state index contributed by atoms with van der Waals surface area (Å²) in [5.74, 6) is 0.421. The molecule has 0 saturated carbocycles. The lowest BCUT2D eigenvalue weighted by molar-refractivity contribution is -0.122. The Bertz CT molecular complexity index is 196. The van der Waals surface area contributed by atoms with Crippen molar-refractivity contribution in [1.82, 2.24) is 5.32 Å². The van der Waals surface area contributed by atoms with Crippen molar-refractivity contribution >= 4 is 5.91 Å². The molecule has 3 nitrogen and oxygen atoms in total. The fourth-order valence-corrected chi connectivity index (χ4v) is 1.81. The van der Waals surface area contributed by atoms with Gasteiger partial charge in [0, 0.05) is 12.5 Å². The van der Waals surface area contributed by atoms with Crippen LogP contribution >= 0.6 is 0 Å². The predicted molar refractivity (Wildman–Crippen MR) is 62.5 cm³/mol. The molecule has 0 aromatic heterocycles. The first-order valence-corrected chi connectivity index (χ1v) is 5.65. The molecule has 15 heavy (non-hydrogen) atoms. The molecule has 0 aliphatic heterocycles. The molecule has 0 aliphatic carbocycles. The number of carbonyl (C=O) groups is 1. The molecular weight excluding hydrogens is 190 g/mol. The molecule has 1 unspecified atom stereocenters. The van der Waals surface area contributed by atoms with Gasteiger partial charge < -0.3 is 10.4 Å². The summed E-state index contributed by atoms with van der Waals surface area (Å²) in [5, 5.41) is 11.5. The first-order valence-electron chi connectivity index (χ1n) is 5.65. The van der Waals surface area contributed by atoms with Crippen molar-refractivity contribution < 1.29 is 9.90 Å². The maximum atomic E-state index is 11.5. The van der Waals surface area contributed by atoms with E-state index in [-0.39, 0.29) is 24.0 Å². The third-order valence-corrected chi connectivity index (χ3v) is 2.18. The first kappa shape index (κ1) is 14.4. The summed E-state index contributed by atoms with van der Waals surface area (Å²) in [6, 6.07) is -0.140. The number of rotatable bonds is 5. The highest BCUT2D eigenvalue weighted by Gasteiger charge is 2.18. The summed E-state index contributed by atoms with van der Waals surface area (Å²) < 4.78 is 0. The first-order chi connectivity index (χ1) is 6.74. The average Bonchev–Trinajstić information content (AvgIpc) is 1.99. The molecular formula is C12H25NO2. The van der Waals surface area contributed by atoms with E-state index in [0.717, 1.165) is 6.42 Å². The van der Waals surface area contributed by atoms with Gasteiger partial charge in [-0.1, -0.05) is 27.7 Å². The number of carbonyl (C=O) groups excluding carboxylic acids is 1. The van der Waals surface area contributed by atoms with E-state index in [4.69, 9.17) is 5.11 Å². The van der Waals surface area contributed by atoms with E-state index in [1.165, 1.54) is 0 Å². The number of amides is 1. The highest BCUT2D eigenvalue weighted by atomic mass is 16.3. The topological polar surface area (TPSA) is 49.3 Å². The van der Waals surface area contributed by atoms with Gasteiger partial charge in [-0.3, -0.25) is 4.79 Å². The van der Waals surface area contributed by atoms with E-state index < -0.39 is 0 Å². The van der Waals surface area contributed by atoms with Gasteiger partial charge in [0.1, 0.15) is 0 Å². The van der Waals surface area contributed by atoms with E-state index in [0.29, 0.717) is 12.3 Å². The summed E-state index contributed by atoms with van der Waals surface area (Å²) in [5.41, 5.74) is 0.266. The molecule has 0 spiro atoms. The largest absolute Gasteiger partial charge is 0.394 e. The second-order valence-electron chi connectivity index (χ2n) is 5.73. The zero-order chi connectivity index (χ0) is 12.1. The van der Waals surface area contributed by atoms with Crippen LogP contribution in [-0.4, -0.2) is 23.7 Å². The summed E-state index contributed by atoms with van der Waals surface area (Å²) in [4.78, 5) is 11.5. The van der Waals surface area contributed by atoms with Gasteiger partial charge in [-0.05, 0) is 24.7 Å². The predicted octanol–water partition coefficient (Wildman–Crippen LogP) is 1.95. The van der Waals surface area contributed by atoms with Crippen LogP contribution in [0, 0.1) is 11.3 Å². The van der Waals surface area contributed by atoms with Crippen molar-refractivity contribution in [3.05, 3.63) is 0 Å². The van der Waals surface area contributed by atoms with Crippen LogP contribution in [-0.2, 0) is 4.79 Å². The van der Waals surface area contributed by atoms with Crippen LogP contribution in [0.3, 0.4) is 0 Å². The molecule has 3 heteroatoms. The van der Waals surface area contributed by atoms with E-state index in [1.54, 1.807) is 6.92 Å². The Balaban J connectivity index is 3.87. The fraction of sp³-hybridized carbons (Fsp3) is 0.917. The van der Waals surface area contributed by atoms with Gasteiger partial charge in [0.05, 0.1) is 6.61 Å². The molecule has 0 rings (SSSR count). The van der Waals surface area contributed by atoms with Crippen LogP contribution < -0.4 is 5.32 Å². The molecule has 0 radical (unpaired) electrons. The number of hydrogen-bond donors (Lipinski definition) is 2. The Hall–Kier alpha value is -0.570. The van der Waals surface area contributed by atoms with Gasteiger partial charge in [-0.25, -0.2) is 0 Å². The Morgan fingerprint density at radius 1 is 1.33 bits per heavy atom. The van der Waals surface area contributed by atoms with Crippen LogP contribution in [0.25, 0.3) is 0 Å². The minimum absolute atomic E-state index is 0.000603. The zero-order valence-electron chi connectivity index (χ0n) is 10.6. The number of aliphatic hydroxyl groups is 1. The van der Waals surface area contributed by atoms with Gasteiger partial charge in [0.25, 0.3) is 0 Å². The van der Waals surface area contributed by atoms with Crippen LogP contribution in [0.2, 0.25) is 0 Å². The second-order valence-corrected chi connectivity index (χ2v) is 5.73. The van der Waals surface area contributed by atoms with E-state index in [1.807, 2.05) is 0 Å². The summed E-state index contributed by atoms with van der Waals surface area (Å²) >= 11 is 0. The van der Waals surface area contributed by atoms with Crippen molar-refractivity contribution in [2.75, 3.05) is 6.61 Å². The molecule has 0 aromatic carbocycles. The normalized spacial score (nSPS) is 15.9. The number of nitrogens with one attached hydrogen (secondary N) is 1. The minimum atomic E-state index is -0.140. The lowest BCUT2D eigenvalue weighted by Crippen LogP contribution is -2.36. The van der Waals surface area contributed by atoms with E-state index in [2.05, 4.69) is 33.0 Å². The van der Waals surface area contributed by atoms with Crippen molar-refractivity contribution in [1.29, 1.82) is 0 Å². The van der Waals surface area contributed by atoms with Crippen LogP contribution in [0.4, 0.5) is 0 Å². The van der Waals surface area contributed by atoms with Gasteiger partial charge in [0.15, 0.2) is 0 Å². The standard InChI is InChI=1S/C12H25NO2/c1-9(7-12(3,4)5)6-11(15)13-10(2)8-14/h9-10,14H,6-8H2,1-5H3,(H,13,15)/t9?,10-/m0/s1. The molecule has 0 fully saturated rings. The smallest absolute Gasteiger partial charge is 0.220 e. The van der Waals surface area contributed by atoms with Gasteiger partial charge in [0.2, 0.25) is 5.91 Å². The number of hydrogen-bond acceptors (Lipinski definition) is 2. The molecule has 0 bridgehead atoms. The minimum Gasteiger partial charge on any atom is -0.394 e. The summed E-state index contributed by atoms with van der Waals surface area (Å²) in [6.45, 7) is 10.4. The Labute approximate surface area is 93.3 Å². The Kier molecular flexibility index (Phi) is 5.88. The molecule has 2 N–H and O–H groups in total. The third kappa shape index (κ3) is 8.43. The SMILES string of the molecule is CC(CC(=O)N[C@@H](C)CO)CC(C)(C)C. The highest BCUT2D eigenvalue weighted by Crippen LogP contribution is 2.25. The van der Waals surface area contributed by atoms with Gasteiger partial charge in [-0.15, -0.1) is 0 Å². The molecule has 2 atom stereocenters. The van der Waals surface area contributed by atoms with Crippen molar-refractivity contribution in [2.24, 2.45) is 11.3 Å². The maximum Gasteiger partial charge on any atom is 0.220 e.